The van der Waals surface area contributed by atoms with Crippen molar-refractivity contribution in [2.24, 2.45) is 0 Å². The second-order valence-corrected chi connectivity index (χ2v) is 6.26. The number of rotatable bonds is 8. The van der Waals surface area contributed by atoms with Gasteiger partial charge in [0.05, 0.1) is 12.7 Å². The zero-order chi connectivity index (χ0) is 19.6. The van der Waals surface area contributed by atoms with E-state index in [-0.39, 0.29) is 12.0 Å². The molecular weight excluding hydrogens is 368 g/mol. The molecule has 0 unspecified atom stereocenters. The van der Waals surface area contributed by atoms with Crippen LogP contribution in [0.2, 0.25) is 0 Å². The summed E-state index contributed by atoms with van der Waals surface area (Å²) in [5.74, 6) is -1.82. The molecule has 0 aliphatic carbocycles. The highest BCUT2D eigenvalue weighted by Crippen LogP contribution is 2.17. The molecule has 0 saturated heterocycles. The molecule has 0 bridgehead atoms. The van der Waals surface area contributed by atoms with Crippen molar-refractivity contribution in [3.8, 4) is 0 Å². The molecule has 1 aromatic carbocycles. The predicted octanol–water partition coefficient (Wildman–Crippen LogP) is 1.86. The number of benzene rings is 1. The largest absolute Gasteiger partial charge is 0.467 e. The normalized spacial score (nSPS) is 11.3. The summed E-state index contributed by atoms with van der Waals surface area (Å²) in [6, 6.07) is 11.5. The lowest BCUT2D eigenvalue weighted by molar-refractivity contribution is -0.145. The van der Waals surface area contributed by atoms with Crippen LogP contribution in [0.4, 0.5) is 0 Å². The highest BCUT2D eigenvalue weighted by Gasteiger charge is 2.23. The first-order valence-electron chi connectivity index (χ1n) is 8.12. The fourth-order valence-electron chi connectivity index (χ4n) is 2.34. The number of esters is 2. The van der Waals surface area contributed by atoms with Gasteiger partial charge in [-0.2, -0.15) is 0 Å². The summed E-state index contributed by atoms with van der Waals surface area (Å²) < 4.78 is 9.78. The SMILES string of the molecule is COC(=O)[C@H](Cc1ccccc1)NC(=O)COC(=O)c1cccnc1SC. The van der Waals surface area contributed by atoms with Crippen LogP contribution in [-0.4, -0.2) is 48.8 Å². The van der Waals surface area contributed by atoms with Crippen LogP contribution >= 0.6 is 11.8 Å². The minimum atomic E-state index is -0.872. The Bertz CT molecular complexity index is 798. The van der Waals surface area contributed by atoms with E-state index < -0.39 is 30.5 Å². The maximum atomic E-state index is 12.1. The van der Waals surface area contributed by atoms with Gasteiger partial charge >= 0.3 is 11.9 Å². The molecule has 2 rings (SSSR count). The molecule has 1 amide bonds. The number of pyridine rings is 1. The van der Waals surface area contributed by atoms with Crippen molar-refractivity contribution in [3.63, 3.8) is 0 Å². The molecule has 1 heterocycles. The van der Waals surface area contributed by atoms with Gasteiger partial charge in [-0.05, 0) is 24.0 Å². The van der Waals surface area contributed by atoms with Crippen molar-refractivity contribution in [3.05, 3.63) is 59.8 Å². The number of aromatic nitrogens is 1. The van der Waals surface area contributed by atoms with Crippen molar-refractivity contribution in [1.29, 1.82) is 0 Å². The molecule has 0 aliphatic heterocycles. The highest BCUT2D eigenvalue weighted by atomic mass is 32.2. The first kappa shape index (κ1) is 20.4. The van der Waals surface area contributed by atoms with E-state index in [4.69, 9.17) is 9.47 Å². The molecule has 8 heteroatoms. The van der Waals surface area contributed by atoms with E-state index in [1.807, 2.05) is 30.3 Å². The summed E-state index contributed by atoms with van der Waals surface area (Å²) in [5, 5.41) is 3.05. The third-order valence-corrected chi connectivity index (χ3v) is 4.33. The number of nitrogens with one attached hydrogen (secondary N) is 1. The topological polar surface area (TPSA) is 94.6 Å². The van der Waals surface area contributed by atoms with E-state index in [0.717, 1.165) is 5.56 Å². The molecule has 0 aliphatic rings. The average Bonchev–Trinajstić information content (AvgIpc) is 2.71. The van der Waals surface area contributed by atoms with E-state index in [0.29, 0.717) is 5.03 Å². The van der Waals surface area contributed by atoms with Crippen LogP contribution in [0.3, 0.4) is 0 Å². The first-order chi connectivity index (χ1) is 13.0. The van der Waals surface area contributed by atoms with Crippen molar-refractivity contribution < 1.29 is 23.9 Å². The van der Waals surface area contributed by atoms with Crippen molar-refractivity contribution in [2.45, 2.75) is 17.5 Å². The Morgan fingerprint density at radius 3 is 2.56 bits per heavy atom. The molecule has 1 aromatic heterocycles. The monoisotopic (exact) mass is 388 g/mol. The number of ether oxygens (including phenoxy) is 2. The van der Waals surface area contributed by atoms with Gasteiger partial charge < -0.3 is 14.8 Å². The fourth-order valence-corrected chi connectivity index (χ4v) is 2.88. The Morgan fingerprint density at radius 2 is 1.89 bits per heavy atom. The Hall–Kier alpha value is -2.87. The molecule has 0 spiro atoms. The van der Waals surface area contributed by atoms with Gasteiger partial charge in [0.2, 0.25) is 0 Å². The van der Waals surface area contributed by atoms with Crippen LogP contribution < -0.4 is 5.32 Å². The summed E-state index contributed by atoms with van der Waals surface area (Å²) in [6.45, 7) is -0.510. The molecule has 1 atom stereocenters. The third-order valence-electron chi connectivity index (χ3n) is 3.62. The van der Waals surface area contributed by atoms with Crippen LogP contribution in [0.15, 0.2) is 53.7 Å². The molecular formula is C19H20N2O5S. The van der Waals surface area contributed by atoms with Crippen LogP contribution in [0.5, 0.6) is 0 Å². The number of carbonyl (C=O) groups is 3. The number of hydrogen-bond donors (Lipinski definition) is 1. The maximum Gasteiger partial charge on any atom is 0.341 e. The molecule has 1 N–H and O–H groups in total. The lowest BCUT2D eigenvalue weighted by Gasteiger charge is -2.16. The van der Waals surface area contributed by atoms with Crippen LogP contribution in [0.1, 0.15) is 15.9 Å². The van der Waals surface area contributed by atoms with Gasteiger partial charge in [-0.25, -0.2) is 14.6 Å². The molecule has 27 heavy (non-hydrogen) atoms. The van der Waals surface area contributed by atoms with E-state index in [9.17, 15) is 14.4 Å². The number of hydrogen-bond acceptors (Lipinski definition) is 7. The lowest BCUT2D eigenvalue weighted by Crippen LogP contribution is -2.44. The average molecular weight is 388 g/mol. The summed E-state index contributed by atoms with van der Waals surface area (Å²) in [6.07, 6.45) is 3.63. The fraction of sp³-hybridized carbons (Fsp3) is 0.263. The second kappa shape index (κ2) is 10.3. The minimum absolute atomic E-state index is 0.270. The van der Waals surface area contributed by atoms with Gasteiger partial charge in [-0.15, -0.1) is 11.8 Å². The van der Waals surface area contributed by atoms with Gasteiger partial charge in [0.1, 0.15) is 11.1 Å². The number of methoxy groups -OCH3 is 1. The van der Waals surface area contributed by atoms with Gasteiger partial charge in [0.25, 0.3) is 5.91 Å². The van der Waals surface area contributed by atoms with Gasteiger partial charge in [0, 0.05) is 12.6 Å². The van der Waals surface area contributed by atoms with Crippen LogP contribution in [-0.2, 0) is 25.5 Å². The van der Waals surface area contributed by atoms with Crippen molar-refractivity contribution >= 4 is 29.6 Å². The van der Waals surface area contributed by atoms with Gasteiger partial charge in [0.15, 0.2) is 6.61 Å². The summed E-state index contributed by atoms with van der Waals surface area (Å²) in [7, 11) is 1.25. The maximum absolute atomic E-state index is 12.1. The number of amides is 1. The van der Waals surface area contributed by atoms with Crippen molar-refractivity contribution in [2.75, 3.05) is 20.0 Å². The van der Waals surface area contributed by atoms with Gasteiger partial charge in [-0.3, -0.25) is 4.79 Å². The summed E-state index contributed by atoms with van der Waals surface area (Å²) >= 11 is 1.30. The molecule has 2 aromatic rings. The quantitative estimate of drug-likeness (QED) is 0.545. The van der Waals surface area contributed by atoms with E-state index in [2.05, 4.69) is 10.3 Å². The summed E-state index contributed by atoms with van der Waals surface area (Å²) in [4.78, 5) is 40.3. The lowest BCUT2D eigenvalue weighted by atomic mass is 10.1. The number of thioether (sulfide) groups is 1. The first-order valence-corrected chi connectivity index (χ1v) is 9.35. The smallest absolute Gasteiger partial charge is 0.341 e. The number of carbonyl (C=O) groups excluding carboxylic acids is 3. The van der Waals surface area contributed by atoms with Crippen LogP contribution in [0, 0.1) is 0 Å². The summed E-state index contributed by atoms with van der Waals surface area (Å²) in [5.41, 5.74) is 1.15. The molecule has 0 fully saturated rings. The Balaban J connectivity index is 1.95. The van der Waals surface area contributed by atoms with Gasteiger partial charge in [-0.1, -0.05) is 30.3 Å². The van der Waals surface area contributed by atoms with E-state index >= 15 is 0 Å². The number of nitrogens with zero attached hydrogens (tertiary/aromatic N) is 1. The Labute approximate surface area is 161 Å². The predicted molar refractivity (Wildman–Crippen MR) is 100 cm³/mol. The van der Waals surface area contributed by atoms with E-state index in [1.165, 1.54) is 18.9 Å². The van der Waals surface area contributed by atoms with E-state index in [1.54, 1.807) is 24.6 Å². The van der Waals surface area contributed by atoms with Crippen LogP contribution in [0.25, 0.3) is 0 Å². The standard InChI is InChI=1S/C19H20N2O5S/c1-25-19(24)15(11-13-7-4-3-5-8-13)21-16(22)12-26-18(23)14-9-6-10-20-17(14)27-2/h3-10,15H,11-12H2,1-2H3,(H,21,22)/t15-/m0/s1. The molecule has 0 saturated carbocycles. The zero-order valence-corrected chi connectivity index (χ0v) is 15.8. The highest BCUT2D eigenvalue weighted by molar-refractivity contribution is 7.98. The zero-order valence-electron chi connectivity index (χ0n) is 15.0. The molecule has 0 radical (unpaired) electrons. The Morgan fingerprint density at radius 1 is 1.15 bits per heavy atom. The second-order valence-electron chi connectivity index (χ2n) is 5.47. The third kappa shape index (κ3) is 6.10. The Kier molecular flexibility index (Phi) is 7.81. The minimum Gasteiger partial charge on any atom is -0.467 e. The molecule has 7 nitrogen and oxygen atoms in total. The molecule has 142 valence electrons. The van der Waals surface area contributed by atoms with Crippen molar-refractivity contribution in [1.82, 2.24) is 10.3 Å².